The summed E-state index contributed by atoms with van der Waals surface area (Å²) in [5, 5.41) is 12.0. The molecule has 1 aromatic heterocycles. The van der Waals surface area contributed by atoms with Gasteiger partial charge in [0, 0.05) is 11.5 Å². The Morgan fingerprint density at radius 1 is 1.23 bits per heavy atom. The number of carbonyl (C=O) groups excluding carboxylic acids is 2. The van der Waals surface area contributed by atoms with E-state index < -0.39 is 0 Å². The number of nitrogens with zero attached hydrogens (tertiary/aromatic N) is 4. The number of benzene rings is 2. The Bertz CT molecular complexity index is 1140. The maximum Gasteiger partial charge on any atom is 0.265 e. The van der Waals surface area contributed by atoms with Crippen LogP contribution in [0.3, 0.4) is 0 Å². The van der Waals surface area contributed by atoms with E-state index in [9.17, 15) is 9.59 Å². The third kappa shape index (κ3) is 4.45. The number of hydrogen-bond acceptors (Lipinski definition) is 6. The zero-order valence-electron chi connectivity index (χ0n) is 16.9. The summed E-state index contributed by atoms with van der Waals surface area (Å²) in [6, 6.07) is 14.5. The van der Waals surface area contributed by atoms with Crippen LogP contribution in [-0.2, 0) is 16.6 Å². The predicted octanol–water partition coefficient (Wildman–Crippen LogP) is 3.80. The number of carbonyl (C=O) groups is 2. The van der Waals surface area contributed by atoms with E-state index in [4.69, 9.17) is 4.74 Å². The van der Waals surface area contributed by atoms with E-state index >= 15 is 0 Å². The molecule has 3 aromatic rings. The molecule has 10 heteroatoms. The molecule has 0 unspecified atom stereocenters. The van der Waals surface area contributed by atoms with E-state index in [0.717, 1.165) is 4.47 Å². The van der Waals surface area contributed by atoms with Gasteiger partial charge in [0.1, 0.15) is 5.75 Å². The van der Waals surface area contributed by atoms with Gasteiger partial charge in [-0.3, -0.25) is 14.5 Å². The second-order valence-electron chi connectivity index (χ2n) is 6.91. The Morgan fingerprint density at radius 3 is 2.77 bits per heavy atom. The van der Waals surface area contributed by atoms with Crippen LogP contribution in [0.2, 0.25) is 0 Å². The van der Waals surface area contributed by atoms with Crippen LogP contribution in [0.1, 0.15) is 18.8 Å². The van der Waals surface area contributed by atoms with Gasteiger partial charge in [-0.2, -0.15) is 0 Å². The van der Waals surface area contributed by atoms with Crippen molar-refractivity contribution in [1.29, 1.82) is 0 Å². The van der Waals surface area contributed by atoms with Gasteiger partial charge in [-0.1, -0.05) is 36.0 Å². The van der Waals surface area contributed by atoms with Crippen molar-refractivity contribution < 1.29 is 14.3 Å². The fraction of sp³-hybridized carbons (Fsp3) is 0.238. The number of thioether (sulfide) groups is 1. The number of ether oxygens (including phenoxy) is 1. The fourth-order valence-corrected chi connectivity index (χ4v) is 4.46. The summed E-state index contributed by atoms with van der Waals surface area (Å²) in [7, 11) is 1.83. The first-order valence-electron chi connectivity index (χ1n) is 9.56. The van der Waals surface area contributed by atoms with E-state index in [0.29, 0.717) is 28.1 Å². The van der Waals surface area contributed by atoms with Crippen molar-refractivity contribution >= 4 is 50.9 Å². The van der Waals surface area contributed by atoms with Gasteiger partial charge in [0.15, 0.2) is 17.6 Å². The van der Waals surface area contributed by atoms with E-state index in [1.54, 1.807) is 4.90 Å². The minimum absolute atomic E-state index is 0.0178. The molecule has 2 amide bonds. The number of anilines is 2. The third-order valence-electron chi connectivity index (χ3n) is 4.85. The van der Waals surface area contributed by atoms with Gasteiger partial charge in [0.25, 0.3) is 5.91 Å². The Kier molecular flexibility index (Phi) is 6.28. The van der Waals surface area contributed by atoms with Crippen LogP contribution in [0.25, 0.3) is 0 Å². The lowest BCUT2D eigenvalue weighted by molar-refractivity contribution is -0.121. The van der Waals surface area contributed by atoms with Crippen LogP contribution < -0.4 is 15.0 Å². The molecule has 0 fully saturated rings. The molecule has 0 spiro atoms. The number of para-hydroxylation sites is 3. The van der Waals surface area contributed by atoms with Crippen molar-refractivity contribution in [2.45, 2.75) is 18.1 Å². The molecule has 0 saturated carbocycles. The first kappa shape index (κ1) is 21.4. The van der Waals surface area contributed by atoms with Crippen LogP contribution in [0.15, 0.2) is 58.2 Å². The van der Waals surface area contributed by atoms with Gasteiger partial charge >= 0.3 is 0 Å². The summed E-state index contributed by atoms with van der Waals surface area (Å²) in [6.45, 7) is 1.88. The van der Waals surface area contributed by atoms with Gasteiger partial charge in [-0.05, 0) is 47.1 Å². The number of halogens is 1. The summed E-state index contributed by atoms with van der Waals surface area (Å²) in [5.74, 6) is 1.18. The number of hydrogen-bond donors (Lipinski definition) is 1. The highest BCUT2D eigenvalue weighted by Crippen LogP contribution is 2.37. The van der Waals surface area contributed by atoms with E-state index in [2.05, 4.69) is 31.4 Å². The van der Waals surface area contributed by atoms with Crippen molar-refractivity contribution in [2.75, 3.05) is 22.6 Å². The van der Waals surface area contributed by atoms with Crippen LogP contribution >= 0.6 is 27.7 Å². The Hall–Kier alpha value is -2.85. The summed E-state index contributed by atoms with van der Waals surface area (Å²) in [4.78, 5) is 26.6. The molecule has 0 aliphatic carbocycles. The SMILES string of the molecule is C[C@H](c1nnc(SCC(=O)Nc2ccccc2Br)n1C)N1C(=O)COc2ccccc21. The van der Waals surface area contributed by atoms with Crippen LogP contribution in [0, 0.1) is 0 Å². The molecule has 2 heterocycles. The van der Waals surface area contributed by atoms with Crippen LogP contribution in [-0.4, -0.2) is 38.9 Å². The zero-order valence-corrected chi connectivity index (χ0v) is 19.3. The monoisotopic (exact) mass is 501 g/mol. The molecule has 1 atom stereocenters. The molecule has 0 bridgehead atoms. The smallest absolute Gasteiger partial charge is 0.265 e. The average molecular weight is 502 g/mol. The lowest BCUT2D eigenvalue weighted by atomic mass is 10.1. The molecular weight excluding hydrogens is 482 g/mol. The number of fused-ring (bicyclic) bond motifs is 1. The van der Waals surface area contributed by atoms with Gasteiger partial charge in [-0.15, -0.1) is 10.2 Å². The quantitative estimate of drug-likeness (QED) is 0.516. The summed E-state index contributed by atoms with van der Waals surface area (Å²) >= 11 is 4.70. The van der Waals surface area contributed by atoms with Gasteiger partial charge in [0.2, 0.25) is 5.91 Å². The first-order valence-corrected chi connectivity index (χ1v) is 11.3. The number of amides is 2. The van der Waals surface area contributed by atoms with E-state index in [1.165, 1.54) is 11.8 Å². The van der Waals surface area contributed by atoms with E-state index in [-0.39, 0.29) is 30.2 Å². The minimum Gasteiger partial charge on any atom is -0.482 e. The molecule has 1 aliphatic heterocycles. The molecule has 4 rings (SSSR count). The van der Waals surface area contributed by atoms with Gasteiger partial charge in [0.05, 0.1) is 23.2 Å². The second-order valence-corrected chi connectivity index (χ2v) is 8.71. The maximum absolute atomic E-state index is 12.6. The van der Waals surface area contributed by atoms with Crippen molar-refractivity contribution in [3.05, 3.63) is 58.8 Å². The Balaban J connectivity index is 1.46. The number of rotatable bonds is 6. The minimum atomic E-state index is -0.349. The standard InChI is InChI=1S/C21H20BrN5O3S/c1-13(27-16-9-5-6-10-17(16)30-11-19(27)29)20-24-25-21(26(20)2)31-12-18(28)23-15-8-4-3-7-14(15)22/h3-10,13H,11-12H2,1-2H3,(H,23,28)/t13-/m1/s1. The van der Waals surface area contributed by atoms with Crippen molar-refractivity contribution in [3.8, 4) is 5.75 Å². The van der Waals surface area contributed by atoms with Crippen molar-refractivity contribution in [3.63, 3.8) is 0 Å². The van der Waals surface area contributed by atoms with Crippen LogP contribution in [0.5, 0.6) is 5.75 Å². The molecule has 0 saturated heterocycles. The average Bonchev–Trinajstić information content (AvgIpc) is 3.14. The Labute approximate surface area is 192 Å². The molecule has 31 heavy (non-hydrogen) atoms. The van der Waals surface area contributed by atoms with Gasteiger partial charge in [-0.25, -0.2) is 0 Å². The topological polar surface area (TPSA) is 89.4 Å². The van der Waals surface area contributed by atoms with E-state index in [1.807, 2.05) is 67.1 Å². The lowest BCUT2D eigenvalue weighted by Gasteiger charge is -2.33. The number of nitrogens with one attached hydrogen (secondary N) is 1. The van der Waals surface area contributed by atoms with Gasteiger partial charge < -0.3 is 14.6 Å². The largest absolute Gasteiger partial charge is 0.482 e. The normalized spacial score (nSPS) is 14.0. The summed E-state index contributed by atoms with van der Waals surface area (Å²) < 4.78 is 8.15. The molecule has 1 aliphatic rings. The second kappa shape index (κ2) is 9.11. The molecule has 8 nitrogen and oxygen atoms in total. The highest BCUT2D eigenvalue weighted by Gasteiger charge is 2.32. The summed E-state index contributed by atoms with van der Waals surface area (Å²) in [6.07, 6.45) is 0. The molecule has 2 aromatic carbocycles. The van der Waals surface area contributed by atoms with Crippen molar-refractivity contribution in [1.82, 2.24) is 14.8 Å². The fourth-order valence-electron chi connectivity index (χ4n) is 3.36. The molecule has 0 radical (unpaired) electrons. The molecule has 160 valence electrons. The summed E-state index contributed by atoms with van der Waals surface area (Å²) in [5.41, 5.74) is 1.42. The van der Waals surface area contributed by atoms with Crippen molar-refractivity contribution in [2.24, 2.45) is 7.05 Å². The maximum atomic E-state index is 12.6. The number of aromatic nitrogens is 3. The van der Waals surface area contributed by atoms with Crippen LogP contribution in [0.4, 0.5) is 11.4 Å². The predicted molar refractivity (Wildman–Crippen MR) is 122 cm³/mol. The zero-order chi connectivity index (χ0) is 22.0. The molecule has 1 N–H and O–H groups in total. The first-order chi connectivity index (χ1) is 15.0. The highest BCUT2D eigenvalue weighted by atomic mass is 79.9. The third-order valence-corrected chi connectivity index (χ3v) is 6.57. The highest BCUT2D eigenvalue weighted by molar-refractivity contribution is 9.10. The Morgan fingerprint density at radius 2 is 1.97 bits per heavy atom. The molecular formula is C21H20BrN5O3S. The lowest BCUT2D eigenvalue weighted by Crippen LogP contribution is -2.41.